The number of nitrogens with zero attached hydrogens (tertiary/aromatic N) is 4. The van der Waals surface area contributed by atoms with E-state index in [0.717, 1.165) is 30.5 Å². The summed E-state index contributed by atoms with van der Waals surface area (Å²) in [6, 6.07) is 17.5. The molecule has 1 aromatic heterocycles. The molecule has 1 fully saturated rings. The van der Waals surface area contributed by atoms with Crippen molar-refractivity contribution < 1.29 is 9.32 Å². The molecule has 30 heavy (non-hydrogen) atoms. The van der Waals surface area contributed by atoms with Crippen LogP contribution >= 0.6 is 11.6 Å². The molecule has 2 aromatic carbocycles. The zero-order valence-electron chi connectivity index (χ0n) is 17.0. The minimum Gasteiger partial charge on any atom is -0.341 e. The van der Waals surface area contributed by atoms with Gasteiger partial charge in [0.25, 0.3) is 0 Å². The third-order valence-corrected chi connectivity index (χ3v) is 5.64. The van der Waals surface area contributed by atoms with Gasteiger partial charge in [-0.2, -0.15) is 4.98 Å². The molecule has 156 valence electrons. The van der Waals surface area contributed by atoms with Crippen LogP contribution in [-0.4, -0.2) is 46.0 Å². The Balaban J connectivity index is 1.35. The maximum Gasteiger partial charge on any atom is 0.241 e. The van der Waals surface area contributed by atoms with E-state index in [1.807, 2.05) is 66.5 Å². The van der Waals surface area contributed by atoms with Crippen LogP contribution in [0.3, 0.4) is 0 Å². The maximum atomic E-state index is 13.0. The lowest BCUT2D eigenvalue weighted by molar-refractivity contribution is -0.136. The Bertz CT molecular complexity index is 992. The highest BCUT2D eigenvalue weighted by Crippen LogP contribution is 2.23. The summed E-state index contributed by atoms with van der Waals surface area (Å²) in [7, 11) is 1.88. The molecule has 0 aliphatic carbocycles. The summed E-state index contributed by atoms with van der Waals surface area (Å²) in [6.45, 7) is 2.79. The molecule has 1 aliphatic rings. The number of hydrogen-bond acceptors (Lipinski definition) is 5. The van der Waals surface area contributed by atoms with Crippen molar-refractivity contribution in [2.45, 2.75) is 25.9 Å². The Morgan fingerprint density at radius 3 is 2.87 bits per heavy atom. The van der Waals surface area contributed by atoms with Gasteiger partial charge in [-0.05, 0) is 37.1 Å². The Morgan fingerprint density at radius 2 is 2.07 bits per heavy atom. The van der Waals surface area contributed by atoms with E-state index < -0.39 is 0 Å². The average molecular weight is 425 g/mol. The lowest BCUT2D eigenvalue weighted by Gasteiger charge is -2.33. The molecule has 4 rings (SSSR count). The van der Waals surface area contributed by atoms with Gasteiger partial charge in [0.05, 0.1) is 12.5 Å². The van der Waals surface area contributed by atoms with Crippen molar-refractivity contribution in [1.29, 1.82) is 0 Å². The van der Waals surface area contributed by atoms with E-state index >= 15 is 0 Å². The van der Waals surface area contributed by atoms with Crippen LogP contribution in [0.4, 0.5) is 0 Å². The fourth-order valence-corrected chi connectivity index (χ4v) is 4.09. The minimum atomic E-state index is -0.0113. The molecule has 7 heteroatoms. The fraction of sp³-hybridized carbons (Fsp3) is 0.348. The largest absolute Gasteiger partial charge is 0.341 e. The number of aromatic nitrogens is 2. The molecule has 0 spiro atoms. The molecule has 0 radical (unpaired) electrons. The summed E-state index contributed by atoms with van der Waals surface area (Å²) in [5, 5.41) is 4.71. The van der Waals surface area contributed by atoms with Crippen LogP contribution in [0.2, 0.25) is 5.02 Å². The Kier molecular flexibility index (Phi) is 6.45. The molecule has 3 aromatic rings. The molecule has 1 unspecified atom stereocenters. The minimum absolute atomic E-state index is 0.0113. The Morgan fingerprint density at radius 1 is 1.23 bits per heavy atom. The smallest absolute Gasteiger partial charge is 0.241 e. The zero-order chi connectivity index (χ0) is 20.9. The van der Waals surface area contributed by atoms with Crippen molar-refractivity contribution in [3.8, 4) is 11.4 Å². The van der Waals surface area contributed by atoms with E-state index in [4.69, 9.17) is 16.1 Å². The number of hydrogen-bond donors (Lipinski definition) is 0. The highest BCUT2D eigenvalue weighted by molar-refractivity contribution is 6.30. The zero-order valence-corrected chi connectivity index (χ0v) is 17.8. The van der Waals surface area contributed by atoms with Gasteiger partial charge in [-0.3, -0.25) is 9.69 Å². The summed E-state index contributed by atoms with van der Waals surface area (Å²) in [4.78, 5) is 21.5. The highest BCUT2D eigenvalue weighted by atomic mass is 35.5. The molecule has 6 nitrogen and oxygen atoms in total. The molecule has 0 saturated carbocycles. The van der Waals surface area contributed by atoms with E-state index in [1.54, 1.807) is 0 Å². The maximum absolute atomic E-state index is 13.0. The van der Waals surface area contributed by atoms with Gasteiger partial charge in [0, 0.05) is 30.7 Å². The number of halogens is 1. The van der Waals surface area contributed by atoms with Crippen molar-refractivity contribution in [3.05, 3.63) is 71.1 Å². The van der Waals surface area contributed by atoms with Crippen LogP contribution in [-0.2, 0) is 17.9 Å². The van der Waals surface area contributed by atoms with Gasteiger partial charge in [-0.15, -0.1) is 0 Å². The SMILES string of the molecule is CN(Cc1ccccc1)C(=O)C1CCCN(Cc2nc(-c3cccc(Cl)c3)no2)C1. The Labute approximate surface area is 181 Å². The van der Waals surface area contributed by atoms with Gasteiger partial charge in [0.15, 0.2) is 0 Å². The van der Waals surface area contributed by atoms with Crippen molar-refractivity contribution in [3.63, 3.8) is 0 Å². The molecule has 0 N–H and O–H groups in total. The normalized spacial score (nSPS) is 17.1. The van der Waals surface area contributed by atoms with Crippen LogP contribution in [0.1, 0.15) is 24.3 Å². The molecular weight excluding hydrogens is 400 g/mol. The standard InChI is InChI=1S/C23H25ClN4O2/c1-27(14-17-7-3-2-4-8-17)23(29)19-10-6-12-28(15-19)16-21-25-22(26-30-21)18-9-5-11-20(24)13-18/h2-5,7-9,11,13,19H,6,10,12,14-16H2,1H3. The molecular formula is C23H25ClN4O2. The first-order valence-corrected chi connectivity index (χ1v) is 10.6. The number of likely N-dealkylation sites (tertiary alicyclic amines) is 1. The summed E-state index contributed by atoms with van der Waals surface area (Å²) in [5.74, 6) is 1.26. The van der Waals surface area contributed by atoms with E-state index in [1.165, 1.54) is 0 Å². The number of carbonyl (C=O) groups is 1. The van der Waals surface area contributed by atoms with Gasteiger partial charge in [0.1, 0.15) is 0 Å². The van der Waals surface area contributed by atoms with Crippen LogP contribution in [0.15, 0.2) is 59.1 Å². The van der Waals surface area contributed by atoms with Crippen molar-refractivity contribution in [1.82, 2.24) is 19.9 Å². The fourth-order valence-electron chi connectivity index (χ4n) is 3.90. The van der Waals surface area contributed by atoms with Gasteiger partial charge in [0.2, 0.25) is 17.6 Å². The topological polar surface area (TPSA) is 62.5 Å². The number of amides is 1. The third kappa shape index (κ3) is 5.07. The number of rotatable bonds is 6. The van der Waals surface area contributed by atoms with E-state index in [9.17, 15) is 4.79 Å². The van der Waals surface area contributed by atoms with Crippen molar-refractivity contribution in [2.75, 3.05) is 20.1 Å². The summed E-state index contributed by atoms with van der Waals surface area (Å²) in [5.41, 5.74) is 1.96. The van der Waals surface area contributed by atoms with Crippen LogP contribution < -0.4 is 0 Å². The predicted molar refractivity (Wildman–Crippen MR) is 116 cm³/mol. The molecule has 2 heterocycles. The monoisotopic (exact) mass is 424 g/mol. The first-order chi connectivity index (χ1) is 14.6. The summed E-state index contributed by atoms with van der Waals surface area (Å²) < 4.78 is 5.44. The van der Waals surface area contributed by atoms with Gasteiger partial charge in [-0.1, -0.05) is 59.2 Å². The number of carbonyl (C=O) groups excluding carboxylic acids is 1. The predicted octanol–water partition coefficient (Wildman–Crippen LogP) is 4.26. The molecule has 0 bridgehead atoms. The first kappa shape index (κ1) is 20.6. The molecule has 1 aliphatic heterocycles. The van der Waals surface area contributed by atoms with Crippen molar-refractivity contribution >= 4 is 17.5 Å². The van der Waals surface area contributed by atoms with Gasteiger partial charge in [-0.25, -0.2) is 0 Å². The summed E-state index contributed by atoms with van der Waals surface area (Å²) in [6.07, 6.45) is 1.89. The quantitative estimate of drug-likeness (QED) is 0.591. The molecule has 1 atom stereocenters. The van der Waals surface area contributed by atoms with Crippen LogP contribution in [0.5, 0.6) is 0 Å². The van der Waals surface area contributed by atoms with Gasteiger partial charge < -0.3 is 9.42 Å². The van der Waals surface area contributed by atoms with Crippen LogP contribution in [0, 0.1) is 5.92 Å². The lowest BCUT2D eigenvalue weighted by Crippen LogP contribution is -2.43. The van der Waals surface area contributed by atoms with Crippen molar-refractivity contribution in [2.24, 2.45) is 5.92 Å². The van der Waals surface area contributed by atoms with E-state index in [-0.39, 0.29) is 11.8 Å². The molecule has 1 amide bonds. The second kappa shape index (κ2) is 9.41. The highest BCUT2D eigenvalue weighted by Gasteiger charge is 2.29. The van der Waals surface area contributed by atoms with Gasteiger partial charge >= 0.3 is 0 Å². The number of piperidine rings is 1. The number of benzene rings is 2. The van der Waals surface area contributed by atoms with E-state index in [2.05, 4.69) is 15.0 Å². The second-order valence-electron chi connectivity index (χ2n) is 7.78. The average Bonchev–Trinajstić information content (AvgIpc) is 3.22. The van der Waals surface area contributed by atoms with Crippen LogP contribution in [0.25, 0.3) is 11.4 Å². The first-order valence-electron chi connectivity index (χ1n) is 10.2. The lowest BCUT2D eigenvalue weighted by atomic mass is 9.96. The third-order valence-electron chi connectivity index (χ3n) is 5.40. The summed E-state index contributed by atoms with van der Waals surface area (Å²) >= 11 is 6.05. The second-order valence-corrected chi connectivity index (χ2v) is 8.21. The molecule has 1 saturated heterocycles. The van der Waals surface area contributed by atoms with E-state index in [0.29, 0.717) is 36.4 Å². The Hall–Kier alpha value is -2.70.